The number of hydrogen-bond acceptors (Lipinski definition) is 4. The van der Waals surface area contributed by atoms with Crippen LogP contribution in [0.5, 0.6) is 0 Å². The van der Waals surface area contributed by atoms with Gasteiger partial charge in [0.05, 0.1) is 11.0 Å². The Balaban J connectivity index is 1.32. The third kappa shape index (κ3) is 4.91. The van der Waals surface area contributed by atoms with Crippen LogP contribution in [0.3, 0.4) is 0 Å². The Bertz CT molecular complexity index is 1130. The minimum Gasteiger partial charge on any atom is -0.476 e. The van der Waals surface area contributed by atoms with Crippen molar-refractivity contribution in [3.05, 3.63) is 40.3 Å². The molecule has 2 N–H and O–H groups in total. The van der Waals surface area contributed by atoms with Crippen LogP contribution in [0.2, 0.25) is 0 Å². The maximum Gasteiger partial charge on any atom is 0.360 e. The number of aromatic carboxylic acids is 1. The molecule has 4 aliphatic carbocycles. The van der Waals surface area contributed by atoms with Gasteiger partial charge < -0.3 is 15.0 Å². The lowest BCUT2D eigenvalue weighted by Gasteiger charge is -2.37. The molecule has 1 aromatic carbocycles. The van der Waals surface area contributed by atoms with E-state index in [4.69, 9.17) is 0 Å². The minimum absolute atomic E-state index is 0.00460. The van der Waals surface area contributed by atoms with Gasteiger partial charge in [-0.25, -0.2) is 9.78 Å². The predicted octanol–water partition coefficient (Wildman–Crippen LogP) is 5.55. The fraction of sp³-hybridized carbons (Fsp3) is 0.690. The van der Waals surface area contributed by atoms with Crippen LogP contribution in [-0.2, 0) is 0 Å². The lowest BCUT2D eigenvalue weighted by Crippen LogP contribution is -2.44. The number of hydrogen-bond donors (Lipinski definition) is 2. The van der Waals surface area contributed by atoms with Crippen molar-refractivity contribution in [2.24, 2.45) is 23.7 Å². The molecule has 6 heteroatoms. The van der Waals surface area contributed by atoms with E-state index in [1.54, 1.807) is 0 Å². The van der Waals surface area contributed by atoms with Crippen LogP contribution < -0.4 is 10.9 Å². The van der Waals surface area contributed by atoms with Crippen LogP contribution in [-0.4, -0.2) is 32.7 Å². The van der Waals surface area contributed by atoms with Gasteiger partial charge in [0.1, 0.15) is 0 Å². The molecule has 4 fully saturated rings. The molecular weight excluding hydrogens is 438 g/mol. The number of benzene rings is 1. The summed E-state index contributed by atoms with van der Waals surface area (Å²) in [5.74, 6) is 1.94. The van der Waals surface area contributed by atoms with E-state index >= 15 is 0 Å². The first-order chi connectivity index (χ1) is 17.0. The zero-order valence-corrected chi connectivity index (χ0v) is 20.7. The summed E-state index contributed by atoms with van der Waals surface area (Å²) in [4.78, 5) is 29.6. The molecule has 1 heterocycles. The molecule has 2 bridgehead atoms. The molecule has 0 aliphatic heterocycles. The van der Waals surface area contributed by atoms with Gasteiger partial charge >= 0.3 is 5.97 Å². The van der Waals surface area contributed by atoms with E-state index in [1.807, 2.05) is 28.8 Å². The molecule has 0 radical (unpaired) electrons. The smallest absolute Gasteiger partial charge is 0.360 e. The first-order valence-corrected chi connectivity index (χ1v) is 14.1. The van der Waals surface area contributed by atoms with Crippen LogP contribution in [0.1, 0.15) is 100 Å². The van der Waals surface area contributed by atoms with Gasteiger partial charge in [-0.15, -0.1) is 0 Å². The SMILES string of the molecule is O=C(O)c1nc2ccccc2n(C2CC(NC3CC4CCCCC(C4)C3)CCCC3CC3C2)c1=O. The summed E-state index contributed by atoms with van der Waals surface area (Å²) >= 11 is 0. The zero-order chi connectivity index (χ0) is 23.9. The number of carboxylic acids is 1. The average molecular weight is 478 g/mol. The Labute approximate surface area is 207 Å². The minimum atomic E-state index is -1.23. The fourth-order valence-electron chi connectivity index (χ4n) is 7.86. The van der Waals surface area contributed by atoms with Crippen LogP contribution in [0, 0.1) is 23.7 Å². The molecule has 1 aromatic heterocycles. The molecule has 6 atom stereocenters. The van der Waals surface area contributed by atoms with E-state index in [9.17, 15) is 14.7 Å². The summed E-state index contributed by atoms with van der Waals surface area (Å²) in [6.45, 7) is 0. The molecule has 188 valence electrons. The van der Waals surface area contributed by atoms with Crippen molar-refractivity contribution in [1.82, 2.24) is 14.9 Å². The largest absolute Gasteiger partial charge is 0.476 e. The van der Waals surface area contributed by atoms with Gasteiger partial charge in [-0.1, -0.05) is 50.7 Å². The van der Waals surface area contributed by atoms with Crippen LogP contribution in [0.25, 0.3) is 11.0 Å². The lowest BCUT2D eigenvalue weighted by atomic mass is 9.77. The maximum absolute atomic E-state index is 13.5. The van der Waals surface area contributed by atoms with Gasteiger partial charge in [0.25, 0.3) is 5.56 Å². The highest BCUT2D eigenvalue weighted by Crippen LogP contribution is 2.49. The topological polar surface area (TPSA) is 84.2 Å². The van der Waals surface area contributed by atoms with Crippen LogP contribution in [0.4, 0.5) is 0 Å². The van der Waals surface area contributed by atoms with Gasteiger partial charge in [-0.2, -0.15) is 0 Å². The van der Waals surface area contributed by atoms with Gasteiger partial charge in [0.15, 0.2) is 0 Å². The number of nitrogens with zero attached hydrogens (tertiary/aromatic N) is 2. The van der Waals surface area contributed by atoms with Crippen molar-refractivity contribution in [3.63, 3.8) is 0 Å². The van der Waals surface area contributed by atoms with Gasteiger partial charge in [-0.3, -0.25) is 4.79 Å². The Morgan fingerprint density at radius 3 is 2.40 bits per heavy atom. The van der Waals surface area contributed by atoms with Crippen molar-refractivity contribution in [1.29, 1.82) is 0 Å². The second-order valence-electron chi connectivity index (χ2n) is 12.0. The Morgan fingerprint density at radius 1 is 0.857 bits per heavy atom. The number of aromatic nitrogens is 2. The lowest BCUT2D eigenvalue weighted by molar-refractivity contribution is 0.0687. The first kappa shape index (κ1) is 23.2. The molecule has 2 aromatic rings. The van der Waals surface area contributed by atoms with E-state index in [-0.39, 0.29) is 11.7 Å². The molecule has 6 rings (SSSR count). The van der Waals surface area contributed by atoms with E-state index in [1.165, 1.54) is 64.2 Å². The second-order valence-corrected chi connectivity index (χ2v) is 12.0. The molecule has 4 saturated carbocycles. The van der Waals surface area contributed by atoms with E-state index in [0.29, 0.717) is 23.5 Å². The number of rotatable bonds is 4. The number of fused-ring (bicyclic) bond motifs is 4. The number of carbonyl (C=O) groups is 1. The molecule has 6 nitrogen and oxygen atoms in total. The molecular formula is C29H39N3O3. The summed E-state index contributed by atoms with van der Waals surface area (Å²) in [6.07, 6.45) is 16.4. The highest BCUT2D eigenvalue weighted by atomic mass is 16.4. The predicted molar refractivity (Wildman–Crippen MR) is 137 cm³/mol. The van der Waals surface area contributed by atoms with Crippen molar-refractivity contribution < 1.29 is 9.90 Å². The van der Waals surface area contributed by atoms with E-state index in [0.717, 1.165) is 42.5 Å². The summed E-state index contributed by atoms with van der Waals surface area (Å²) in [7, 11) is 0. The standard InChI is InChI=1S/C29H39N3O3/c33-28-27(29(34)35)31-25-10-3-4-11-26(25)32(28)24-16-21-15-20(21)8-5-9-22(17-24)30-23-13-18-6-1-2-7-19(12-18)14-23/h3-4,10-11,18-24,30H,1-2,5-9,12-17H2,(H,34,35). The van der Waals surface area contributed by atoms with Gasteiger partial charge in [0.2, 0.25) is 5.69 Å². The third-order valence-corrected chi connectivity index (χ3v) is 9.54. The van der Waals surface area contributed by atoms with Gasteiger partial charge in [0, 0.05) is 18.1 Å². The van der Waals surface area contributed by atoms with Crippen LogP contribution >= 0.6 is 0 Å². The van der Waals surface area contributed by atoms with Crippen LogP contribution in [0.15, 0.2) is 29.1 Å². The summed E-state index contributed by atoms with van der Waals surface area (Å²) in [5.41, 5.74) is 0.570. The normalized spacial score (nSPS) is 35.3. The monoisotopic (exact) mass is 477 g/mol. The first-order valence-electron chi connectivity index (χ1n) is 14.1. The molecule has 0 amide bonds. The van der Waals surface area contributed by atoms with E-state index in [2.05, 4.69) is 10.3 Å². The second kappa shape index (κ2) is 9.68. The average Bonchev–Trinajstić information content (AvgIpc) is 3.59. The highest BCUT2D eigenvalue weighted by molar-refractivity contribution is 5.88. The highest BCUT2D eigenvalue weighted by Gasteiger charge is 2.41. The van der Waals surface area contributed by atoms with E-state index < -0.39 is 11.5 Å². The number of carboxylic acid groups (broad SMARTS) is 1. The van der Waals surface area contributed by atoms with Crippen molar-refractivity contribution in [2.45, 2.75) is 102 Å². The van der Waals surface area contributed by atoms with Crippen molar-refractivity contribution in [2.75, 3.05) is 0 Å². The fourth-order valence-corrected chi connectivity index (χ4v) is 7.86. The van der Waals surface area contributed by atoms with Crippen molar-refractivity contribution in [3.8, 4) is 0 Å². The molecule has 0 saturated heterocycles. The Kier molecular flexibility index (Phi) is 6.42. The molecule has 35 heavy (non-hydrogen) atoms. The quantitative estimate of drug-likeness (QED) is 0.603. The zero-order valence-electron chi connectivity index (χ0n) is 20.7. The molecule has 4 aliphatic rings. The number of nitrogens with one attached hydrogen (secondary N) is 1. The Morgan fingerprint density at radius 2 is 1.63 bits per heavy atom. The molecule has 6 unspecified atom stereocenters. The maximum atomic E-state index is 13.5. The Hall–Kier alpha value is -2.21. The van der Waals surface area contributed by atoms with Gasteiger partial charge in [-0.05, 0) is 80.8 Å². The number of para-hydroxylation sites is 2. The third-order valence-electron chi connectivity index (χ3n) is 9.54. The van der Waals surface area contributed by atoms with Crippen molar-refractivity contribution >= 4 is 17.0 Å². The molecule has 0 spiro atoms. The summed E-state index contributed by atoms with van der Waals surface area (Å²) in [6, 6.07) is 8.50. The summed E-state index contributed by atoms with van der Waals surface area (Å²) in [5, 5.41) is 13.8. The summed E-state index contributed by atoms with van der Waals surface area (Å²) < 4.78 is 1.81.